The summed E-state index contributed by atoms with van der Waals surface area (Å²) in [5, 5.41) is 3.63. The van der Waals surface area contributed by atoms with Crippen molar-refractivity contribution in [1.29, 1.82) is 0 Å². The molecule has 35 heavy (non-hydrogen) atoms. The molecule has 0 aliphatic rings. The zero-order valence-corrected chi connectivity index (χ0v) is 20.7. The largest absolute Gasteiger partial charge is 0.451 e. The highest BCUT2D eigenvalue weighted by Gasteiger charge is 2.16. The number of hydrogen-bond acceptors (Lipinski definition) is 4. The van der Waals surface area contributed by atoms with Gasteiger partial charge in [-0.05, 0) is 78.6 Å². The molecule has 1 amide bonds. The number of furan rings is 1. The van der Waals surface area contributed by atoms with Gasteiger partial charge in [0.1, 0.15) is 11.3 Å². The van der Waals surface area contributed by atoms with Crippen molar-refractivity contribution in [2.75, 3.05) is 5.32 Å². The van der Waals surface area contributed by atoms with Crippen LogP contribution in [-0.4, -0.2) is 10.9 Å². The predicted octanol–water partition coefficient (Wildman–Crippen LogP) is 8.83. The van der Waals surface area contributed by atoms with E-state index in [0.717, 1.165) is 23.1 Å². The zero-order valence-electron chi connectivity index (χ0n) is 19.1. The summed E-state index contributed by atoms with van der Waals surface area (Å²) in [4.78, 5) is 17.4. The second-order valence-electron chi connectivity index (χ2n) is 8.35. The summed E-state index contributed by atoms with van der Waals surface area (Å²) in [5.74, 6) is 1.26. The van der Waals surface area contributed by atoms with Gasteiger partial charge in [0.15, 0.2) is 11.3 Å². The standard InChI is InChI=1S/C28H22Cl2N2O3/c1-3-16(2)18-9-12-24-22(15-18)32-28(35-24)17-7-10-19(11-8-17)31-27(33)25-14-13-23(34-25)20-5-4-6-21(29)26(20)30/h4-16H,3H2,1-2H3,(H,31,33)/t16-/m1/s1. The highest BCUT2D eigenvalue weighted by Crippen LogP contribution is 2.34. The lowest BCUT2D eigenvalue weighted by Gasteiger charge is -2.07. The van der Waals surface area contributed by atoms with E-state index in [9.17, 15) is 4.79 Å². The Bertz CT molecular complexity index is 1520. The molecule has 2 heterocycles. The molecule has 0 spiro atoms. The van der Waals surface area contributed by atoms with E-state index in [-0.39, 0.29) is 11.7 Å². The van der Waals surface area contributed by atoms with Crippen LogP contribution in [0, 0.1) is 0 Å². The highest BCUT2D eigenvalue weighted by molar-refractivity contribution is 6.43. The van der Waals surface area contributed by atoms with Crippen LogP contribution in [0.1, 0.15) is 42.3 Å². The molecule has 0 bridgehead atoms. The van der Waals surface area contributed by atoms with Crippen LogP contribution in [0.3, 0.4) is 0 Å². The van der Waals surface area contributed by atoms with Gasteiger partial charge in [0.2, 0.25) is 5.89 Å². The first-order chi connectivity index (χ1) is 16.9. The van der Waals surface area contributed by atoms with Crippen LogP contribution in [0.4, 0.5) is 5.69 Å². The number of carbonyl (C=O) groups is 1. The maximum Gasteiger partial charge on any atom is 0.291 e. The number of carbonyl (C=O) groups excluding carboxylic acids is 1. The number of anilines is 1. The molecule has 176 valence electrons. The molecule has 1 N–H and O–H groups in total. The van der Waals surface area contributed by atoms with E-state index in [1.165, 1.54) is 5.56 Å². The zero-order chi connectivity index (χ0) is 24.5. The fourth-order valence-corrected chi connectivity index (χ4v) is 4.19. The Balaban J connectivity index is 1.31. The number of benzene rings is 3. The lowest BCUT2D eigenvalue weighted by molar-refractivity contribution is 0.0997. The SMILES string of the molecule is CC[C@@H](C)c1ccc2oc(-c3ccc(NC(=O)c4ccc(-c5cccc(Cl)c5Cl)o4)cc3)nc2c1. The predicted molar refractivity (Wildman–Crippen MR) is 140 cm³/mol. The minimum absolute atomic E-state index is 0.163. The van der Waals surface area contributed by atoms with Gasteiger partial charge in [0, 0.05) is 16.8 Å². The summed E-state index contributed by atoms with van der Waals surface area (Å²) in [6.07, 6.45) is 1.07. The van der Waals surface area contributed by atoms with Crippen molar-refractivity contribution >= 4 is 45.9 Å². The molecule has 5 aromatic rings. The van der Waals surface area contributed by atoms with Gasteiger partial charge in [-0.2, -0.15) is 0 Å². The Morgan fingerprint density at radius 1 is 1.00 bits per heavy atom. The van der Waals surface area contributed by atoms with E-state index in [1.54, 1.807) is 42.5 Å². The lowest BCUT2D eigenvalue weighted by Crippen LogP contribution is -2.10. The summed E-state index contributed by atoms with van der Waals surface area (Å²) < 4.78 is 11.7. The minimum Gasteiger partial charge on any atom is -0.451 e. The maximum absolute atomic E-state index is 12.7. The van der Waals surface area contributed by atoms with Crippen molar-refractivity contribution in [2.45, 2.75) is 26.2 Å². The third-order valence-electron chi connectivity index (χ3n) is 6.03. The molecule has 2 aromatic heterocycles. The third-order valence-corrected chi connectivity index (χ3v) is 6.85. The number of amides is 1. The number of fused-ring (bicyclic) bond motifs is 1. The van der Waals surface area contributed by atoms with Crippen molar-refractivity contribution in [2.24, 2.45) is 0 Å². The van der Waals surface area contributed by atoms with E-state index >= 15 is 0 Å². The Morgan fingerprint density at radius 3 is 2.57 bits per heavy atom. The summed E-state index contributed by atoms with van der Waals surface area (Å²) in [7, 11) is 0. The van der Waals surface area contributed by atoms with E-state index in [1.807, 2.05) is 18.2 Å². The summed E-state index contributed by atoms with van der Waals surface area (Å²) in [6, 6.07) is 22.0. The molecule has 1 atom stereocenters. The fraction of sp³-hybridized carbons (Fsp3) is 0.143. The monoisotopic (exact) mass is 504 g/mol. The van der Waals surface area contributed by atoms with Gasteiger partial charge < -0.3 is 14.2 Å². The summed E-state index contributed by atoms with van der Waals surface area (Å²) in [5.41, 5.74) is 4.89. The molecule has 0 saturated carbocycles. The Kier molecular flexibility index (Phi) is 6.37. The molecular weight excluding hydrogens is 483 g/mol. The fourth-order valence-electron chi connectivity index (χ4n) is 3.80. The number of oxazole rings is 1. The minimum atomic E-state index is -0.374. The third kappa shape index (κ3) is 4.70. The van der Waals surface area contributed by atoms with Crippen LogP contribution >= 0.6 is 23.2 Å². The molecule has 0 saturated heterocycles. The Hall–Kier alpha value is -3.54. The van der Waals surface area contributed by atoms with Crippen molar-refractivity contribution in [3.63, 3.8) is 0 Å². The second kappa shape index (κ2) is 9.61. The first-order valence-corrected chi connectivity index (χ1v) is 12.0. The first kappa shape index (κ1) is 23.2. The van der Waals surface area contributed by atoms with Gasteiger partial charge in [-0.1, -0.05) is 49.2 Å². The van der Waals surface area contributed by atoms with Crippen molar-refractivity contribution < 1.29 is 13.6 Å². The number of nitrogens with one attached hydrogen (secondary N) is 1. The molecule has 0 aliphatic carbocycles. The van der Waals surface area contributed by atoms with Crippen LogP contribution in [0.2, 0.25) is 10.0 Å². The molecule has 0 aliphatic heterocycles. The van der Waals surface area contributed by atoms with Gasteiger partial charge in [0.05, 0.1) is 10.0 Å². The molecule has 7 heteroatoms. The average molecular weight is 505 g/mol. The van der Waals surface area contributed by atoms with Gasteiger partial charge in [-0.3, -0.25) is 4.79 Å². The molecular formula is C28H22Cl2N2O3. The number of halogens is 2. The highest BCUT2D eigenvalue weighted by atomic mass is 35.5. The van der Waals surface area contributed by atoms with Crippen LogP contribution in [0.25, 0.3) is 33.9 Å². The van der Waals surface area contributed by atoms with Gasteiger partial charge in [-0.25, -0.2) is 4.98 Å². The Morgan fingerprint density at radius 2 is 1.80 bits per heavy atom. The van der Waals surface area contributed by atoms with E-state index in [0.29, 0.717) is 38.9 Å². The molecule has 0 fully saturated rings. The number of aromatic nitrogens is 1. The quantitative estimate of drug-likeness (QED) is 0.250. The number of nitrogens with zero attached hydrogens (tertiary/aromatic N) is 1. The van der Waals surface area contributed by atoms with E-state index in [2.05, 4.69) is 36.3 Å². The van der Waals surface area contributed by atoms with Crippen LogP contribution in [0.15, 0.2) is 81.6 Å². The summed E-state index contributed by atoms with van der Waals surface area (Å²) >= 11 is 12.3. The van der Waals surface area contributed by atoms with Crippen LogP contribution < -0.4 is 5.32 Å². The van der Waals surface area contributed by atoms with Crippen molar-refractivity contribution in [1.82, 2.24) is 4.98 Å². The smallest absolute Gasteiger partial charge is 0.291 e. The summed E-state index contributed by atoms with van der Waals surface area (Å²) in [6.45, 7) is 4.37. The second-order valence-corrected chi connectivity index (χ2v) is 9.14. The maximum atomic E-state index is 12.7. The lowest BCUT2D eigenvalue weighted by atomic mass is 9.98. The van der Waals surface area contributed by atoms with Crippen molar-refractivity contribution in [3.8, 4) is 22.8 Å². The van der Waals surface area contributed by atoms with Gasteiger partial charge in [-0.15, -0.1) is 0 Å². The van der Waals surface area contributed by atoms with E-state index in [4.69, 9.17) is 32.0 Å². The van der Waals surface area contributed by atoms with Crippen LogP contribution in [-0.2, 0) is 0 Å². The number of rotatable bonds is 6. The molecule has 5 rings (SSSR count). The topological polar surface area (TPSA) is 68.3 Å². The molecule has 0 radical (unpaired) electrons. The first-order valence-electron chi connectivity index (χ1n) is 11.3. The number of hydrogen-bond donors (Lipinski definition) is 1. The molecule has 3 aromatic carbocycles. The van der Waals surface area contributed by atoms with Crippen LogP contribution in [0.5, 0.6) is 0 Å². The van der Waals surface area contributed by atoms with Crippen molar-refractivity contribution in [3.05, 3.63) is 94.2 Å². The molecule has 0 unspecified atom stereocenters. The normalized spacial score (nSPS) is 12.1. The van der Waals surface area contributed by atoms with E-state index < -0.39 is 0 Å². The van der Waals surface area contributed by atoms with Gasteiger partial charge >= 0.3 is 0 Å². The van der Waals surface area contributed by atoms with Gasteiger partial charge in [0.25, 0.3) is 5.91 Å². The molecule has 5 nitrogen and oxygen atoms in total. The Labute approximate surface area is 212 Å². The average Bonchev–Trinajstić information content (AvgIpc) is 3.53.